The normalized spacial score (nSPS) is 14.6. The molecule has 3 aromatic carbocycles. The van der Waals surface area contributed by atoms with Crippen molar-refractivity contribution in [3.63, 3.8) is 0 Å². The number of rotatable bonds is 10. The van der Waals surface area contributed by atoms with Crippen LogP contribution in [-0.4, -0.2) is 61.8 Å². The molecule has 0 radical (unpaired) electrons. The quantitative estimate of drug-likeness (QED) is 0.330. The van der Waals surface area contributed by atoms with Crippen LogP contribution in [0, 0.1) is 0 Å². The Bertz CT molecular complexity index is 1160. The van der Waals surface area contributed by atoms with Crippen LogP contribution in [-0.2, 0) is 17.9 Å². The third-order valence-electron chi connectivity index (χ3n) is 6.01. The molecule has 0 spiro atoms. The van der Waals surface area contributed by atoms with E-state index in [1.807, 2.05) is 66.7 Å². The van der Waals surface area contributed by atoms with Gasteiger partial charge in [-0.15, -0.1) is 0 Å². The molecule has 4 rings (SSSR count). The standard InChI is InChI=1S/C28H31ClN4O3/c1-35-27-17-23(11-12-26(27)36-21-22-7-3-2-4-8-22)18-30-31-28(34)20-33-15-13-32(14-16-33)19-24-9-5-6-10-25(24)29/h2-12,17-18H,13-16,19-21H2,1H3,(H,31,34)/b30-18-. The van der Waals surface area contributed by atoms with E-state index in [0.29, 0.717) is 24.7 Å². The number of halogens is 1. The van der Waals surface area contributed by atoms with Gasteiger partial charge in [0.1, 0.15) is 6.61 Å². The summed E-state index contributed by atoms with van der Waals surface area (Å²) in [4.78, 5) is 16.9. The van der Waals surface area contributed by atoms with Gasteiger partial charge in [-0.1, -0.05) is 60.1 Å². The molecule has 3 aromatic rings. The minimum absolute atomic E-state index is 0.138. The summed E-state index contributed by atoms with van der Waals surface area (Å²) in [5.41, 5.74) is 5.63. The summed E-state index contributed by atoms with van der Waals surface area (Å²) < 4.78 is 11.4. The van der Waals surface area contributed by atoms with E-state index < -0.39 is 0 Å². The van der Waals surface area contributed by atoms with E-state index in [0.717, 1.165) is 54.4 Å². The molecule has 0 aliphatic carbocycles. The van der Waals surface area contributed by atoms with Gasteiger partial charge in [0.25, 0.3) is 5.91 Å². The number of carbonyl (C=O) groups is 1. The van der Waals surface area contributed by atoms with E-state index in [2.05, 4.69) is 26.4 Å². The molecule has 36 heavy (non-hydrogen) atoms. The van der Waals surface area contributed by atoms with Crippen LogP contribution in [0.4, 0.5) is 0 Å². The lowest BCUT2D eigenvalue weighted by Crippen LogP contribution is -2.48. The van der Waals surface area contributed by atoms with Gasteiger partial charge in [-0.25, -0.2) is 5.43 Å². The van der Waals surface area contributed by atoms with Crippen molar-refractivity contribution in [1.82, 2.24) is 15.2 Å². The van der Waals surface area contributed by atoms with Gasteiger partial charge in [-0.3, -0.25) is 14.6 Å². The van der Waals surface area contributed by atoms with Gasteiger partial charge in [0, 0.05) is 37.7 Å². The number of hydrazone groups is 1. The van der Waals surface area contributed by atoms with Crippen LogP contribution in [0.25, 0.3) is 0 Å². The van der Waals surface area contributed by atoms with Crippen LogP contribution in [0.1, 0.15) is 16.7 Å². The number of hydrogen-bond donors (Lipinski definition) is 1. The molecule has 1 amide bonds. The second-order valence-electron chi connectivity index (χ2n) is 8.62. The van der Waals surface area contributed by atoms with E-state index in [4.69, 9.17) is 21.1 Å². The third-order valence-corrected chi connectivity index (χ3v) is 6.38. The lowest BCUT2D eigenvalue weighted by Gasteiger charge is -2.34. The Hall–Kier alpha value is -3.39. The Balaban J connectivity index is 1.21. The molecular formula is C28H31ClN4O3. The van der Waals surface area contributed by atoms with Crippen molar-refractivity contribution in [1.29, 1.82) is 0 Å². The van der Waals surface area contributed by atoms with Gasteiger partial charge in [0.15, 0.2) is 11.5 Å². The zero-order chi connectivity index (χ0) is 25.2. The van der Waals surface area contributed by atoms with Crippen LogP contribution in [0.3, 0.4) is 0 Å². The Kier molecular flexibility index (Phi) is 9.33. The lowest BCUT2D eigenvalue weighted by atomic mass is 10.2. The molecule has 1 saturated heterocycles. The van der Waals surface area contributed by atoms with E-state index in [-0.39, 0.29) is 5.91 Å². The lowest BCUT2D eigenvalue weighted by molar-refractivity contribution is -0.122. The van der Waals surface area contributed by atoms with Gasteiger partial charge in [0.05, 0.1) is 19.9 Å². The predicted octanol–water partition coefficient (Wildman–Crippen LogP) is 4.20. The highest BCUT2D eigenvalue weighted by Crippen LogP contribution is 2.28. The molecule has 1 aliphatic heterocycles. The van der Waals surface area contributed by atoms with Crippen molar-refractivity contribution in [3.05, 3.63) is 94.5 Å². The molecule has 1 aliphatic rings. The average molecular weight is 507 g/mol. The van der Waals surface area contributed by atoms with Crippen molar-refractivity contribution in [2.45, 2.75) is 13.2 Å². The summed E-state index contributed by atoms with van der Waals surface area (Å²) in [6.45, 7) is 5.01. The number of methoxy groups -OCH3 is 1. The summed E-state index contributed by atoms with van der Waals surface area (Å²) >= 11 is 6.28. The SMILES string of the molecule is COc1cc(/C=N\NC(=O)CN2CCN(Cc3ccccc3Cl)CC2)ccc1OCc1ccccc1. The number of benzene rings is 3. The molecule has 188 valence electrons. The topological polar surface area (TPSA) is 66.4 Å². The smallest absolute Gasteiger partial charge is 0.254 e. The fraction of sp³-hybridized carbons (Fsp3) is 0.286. The summed E-state index contributed by atoms with van der Waals surface area (Å²) in [6.07, 6.45) is 1.60. The molecule has 7 nitrogen and oxygen atoms in total. The molecule has 0 bridgehead atoms. The van der Waals surface area contributed by atoms with Crippen molar-refractivity contribution >= 4 is 23.7 Å². The van der Waals surface area contributed by atoms with Crippen LogP contribution in [0.15, 0.2) is 77.9 Å². The minimum Gasteiger partial charge on any atom is -0.493 e. The monoisotopic (exact) mass is 506 g/mol. The number of amides is 1. The second-order valence-corrected chi connectivity index (χ2v) is 9.03. The molecular weight excluding hydrogens is 476 g/mol. The van der Waals surface area contributed by atoms with Crippen LogP contribution in [0.2, 0.25) is 5.02 Å². The summed E-state index contributed by atoms with van der Waals surface area (Å²) in [5, 5.41) is 4.91. The van der Waals surface area contributed by atoms with Crippen LogP contribution in [0.5, 0.6) is 11.5 Å². The maximum Gasteiger partial charge on any atom is 0.254 e. The summed E-state index contributed by atoms with van der Waals surface area (Å²) in [5.74, 6) is 1.12. The van der Waals surface area contributed by atoms with Crippen molar-refractivity contribution < 1.29 is 14.3 Å². The number of carbonyl (C=O) groups excluding carboxylic acids is 1. The van der Waals surface area contributed by atoms with Crippen molar-refractivity contribution in [2.24, 2.45) is 5.10 Å². The number of nitrogens with one attached hydrogen (secondary N) is 1. The highest BCUT2D eigenvalue weighted by molar-refractivity contribution is 6.31. The predicted molar refractivity (Wildman–Crippen MR) is 143 cm³/mol. The number of hydrogen-bond acceptors (Lipinski definition) is 6. The Morgan fingerprint density at radius 3 is 2.44 bits per heavy atom. The summed E-state index contributed by atoms with van der Waals surface area (Å²) in [6, 6.07) is 23.4. The molecule has 0 unspecified atom stereocenters. The largest absolute Gasteiger partial charge is 0.493 e. The van der Waals surface area contributed by atoms with E-state index in [9.17, 15) is 4.79 Å². The van der Waals surface area contributed by atoms with Gasteiger partial charge in [-0.05, 0) is 41.0 Å². The Morgan fingerprint density at radius 1 is 0.972 bits per heavy atom. The van der Waals surface area contributed by atoms with Gasteiger partial charge in [-0.2, -0.15) is 5.10 Å². The fourth-order valence-corrected chi connectivity index (χ4v) is 4.20. The first-order chi connectivity index (χ1) is 17.6. The van der Waals surface area contributed by atoms with E-state index in [1.54, 1.807) is 13.3 Å². The molecule has 0 aromatic heterocycles. The molecule has 1 fully saturated rings. The maximum absolute atomic E-state index is 12.4. The van der Waals surface area contributed by atoms with E-state index >= 15 is 0 Å². The second kappa shape index (κ2) is 13.1. The van der Waals surface area contributed by atoms with Gasteiger partial charge in [0.2, 0.25) is 0 Å². The van der Waals surface area contributed by atoms with Gasteiger partial charge >= 0.3 is 0 Å². The summed E-state index contributed by atoms with van der Waals surface area (Å²) in [7, 11) is 1.60. The van der Waals surface area contributed by atoms with E-state index in [1.165, 1.54) is 0 Å². The van der Waals surface area contributed by atoms with Crippen LogP contribution < -0.4 is 14.9 Å². The van der Waals surface area contributed by atoms with Gasteiger partial charge < -0.3 is 9.47 Å². The highest BCUT2D eigenvalue weighted by atomic mass is 35.5. The van der Waals surface area contributed by atoms with Crippen LogP contribution >= 0.6 is 11.6 Å². The van der Waals surface area contributed by atoms with Crippen molar-refractivity contribution in [2.75, 3.05) is 39.8 Å². The third kappa shape index (κ3) is 7.55. The number of nitrogens with zero attached hydrogens (tertiary/aromatic N) is 3. The average Bonchev–Trinajstić information content (AvgIpc) is 2.91. The highest BCUT2D eigenvalue weighted by Gasteiger charge is 2.19. The molecule has 0 atom stereocenters. The number of piperazine rings is 1. The first kappa shape index (κ1) is 25.7. The van der Waals surface area contributed by atoms with Crippen molar-refractivity contribution in [3.8, 4) is 11.5 Å². The Morgan fingerprint density at radius 2 is 1.69 bits per heavy atom. The molecule has 1 N–H and O–H groups in total. The maximum atomic E-state index is 12.4. The minimum atomic E-state index is -0.138. The molecule has 1 heterocycles. The fourth-order valence-electron chi connectivity index (χ4n) is 4.01. The first-order valence-corrected chi connectivity index (χ1v) is 12.3. The first-order valence-electron chi connectivity index (χ1n) is 12.0. The zero-order valence-electron chi connectivity index (χ0n) is 20.4. The Labute approximate surface area is 217 Å². The number of ether oxygens (including phenoxy) is 2. The molecule has 8 heteroatoms. The zero-order valence-corrected chi connectivity index (χ0v) is 21.2. The molecule has 0 saturated carbocycles.